The van der Waals surface area contributed by atoms with Crippen LogP contribution in [0.4, 0.5) is 0 Å². The SMILES string of the molecule is c1ccc(-n2c3ccccc3c3c(-c4cccc(-c5c6ccc7ccccc7c6nc6c5ccc5ccccc56)c4)c4cnc5ccccc5c4cc32)cc1. The molecule has 55 heavy (non-hydrogen) atoms. The van der Waals surface area contributed by atoms with Gasteiger partial charge in [-0.15, -0.1) is 0 Å². The molecular weight excluding hydrogens is 667 g/mol. The molecule has 12 aromatic rings. The minimum absolute atomic E-state index is 0.991. The van der Waals surface area contributed by atoms with Crippen LogP contribution in [-0.2, 0) is 0 Å². The molecule has 3 heteroatoms. The maximum Gasteiger partial charge on any atom is 0.0794 e. The number of hydrogen-bond donors (Lipinski definition) is 0. The van der Waals surface area contributed by atoms with E-state index in [-0.39, 0.29) is 0 Å². The lowest BCUT2D eigenvalue weighted by atomic mass is 9.89. The highest BCUT2D eigenvalue weighted by atomic mass is 15.0. The Morgan fingerprint density at radius 2 is 0.964 bits per heavy atom. The molecule has 0 N–H and O–H groups in total. The normalized spacial score (nSPS) is 12.0. The molecule has 254 valence electrons. The van der Waals surface area contributed by atoms with Gasteiger partial charge in [-0.3, -0.25) is 4.98 Å². The number of para-hydroxylation sites is 3. The standard InChI is InChI=1S/C52H31N3/c1-2-17-36(18-3-1)55-46-24-11-9-22-40(46)50-47(55)30-43-39-21-8-10-23-45(39)53-31-44(43)49(50)35-16-12-15-34(29-35)48-41-27-25-32-13-4-6-19-37(32)51(41)54-52-38-20-7-5-14-33(38)26-28-42(48)52/h1-31H. The first-order chi connectivity index (χ1) is 27.3. The average molecular weight is 698 g/mol. The van der Waals surface area contributed by atoms with Crippen LogP contribution in [0.25, 0.3) is 115 Å². The highest BCUT2D eigenvalue weighted by molar-refractivity contribution is 6.27. The number of aromatic nitrogens is 3. The summed E-state index contributed by atoms with van der Waals surface area (Å²) in [6.07, 6.45) is 2.09. The van der Waals surface area contributed by atoms with E-state index >= 15 is 0 Å². The third kappa shape index (κ3) is 4.38. The maximum absolute atomic E-state index is 5.47. The van der Waals surface area contributed by atoms with Gasteiger partial charge in [0.2, 0.25) is 0 Å². The van der Waals surface area contributed by atoms with Gasteiger partial charge in [0.1, 0.15) is 0 Å². The fourth-order valence-corrected chi connectivity index (χ4v) is 9.16. The molecular formula is C52H31N3. The second kappa shape index (κ2) is 11.6. The summed E-state index contributed by atoms with van der Waals surface area (Å²) in [6.45, 7) is 0. The van der Waals surface area contributed by atoms with Gasteiger partial charge < -0.3 is 4.57 Å². The fourth-order valence-electron chi connectivity index (χ4n) is 9.16. The van der Waals surface area contributed by atoms with E-state index in [4.69, 9.17) is 9.97 Å². The van der Waals surface area contributed by atoms with E-state index in [0.717, 1.165) is 65.7 Å². The quantitative estimate of drug-likeness (QED) is 0.136. The molecule has 0 saturated heterocycles. The molecule has 3 heterocycles. The topological polar surface area (TPSA) is 30.7 Å². The van der Waals surface area contributed by atoms with Crippen LogP contribution in [0.3, 0.4) is 0 Å². The summed E-state index contributed by atoms with van der Waals surface area (Å²) in [4.78, 5) is 10.5. The summed E-state index contributed by atoms with van der Waals surface area (Å²) in [7, 11) is 0. The molecule has 0 atom stereocenters. The van der Waals surface area contributed by atoms with Gasteiger partial charge in [0.15, 0.2) is 0 Å². The Morgan fingerprint density at radius 1 is 0.364 bits per heavy atom. The first-order valence-electron chi connectivity index (χ1n) is 18.8. The van der Waals surface area contributed by atoms with Crippen molar-refractivity contribution in [3.8, 4) is 27.9 Å². The number of hydrogen-bond acceptors (Lipinski definition) is 2. The van der Waals surface area contributed by atoms with E-state index in [0.29, 0.717) is 0 Å². The number of nitrogens with zero attached hydrogens (tertiary/aromatic N) is 3. The molecule has 0 amide bonds. The first kappa shape index (κ1) is 30.1. The van der Waals surface area contributed by atoms with Crippen LogP contribution in [-0.4, -0.2) is 14.5 Å². The van der Waals surface area contributed by atoms with Crippen molar-refractivity contribution in [2.75, 3.05) is 0 Å². The molecule has 0 unspecified atom stereocenters. The highest BCUT2D eigenvalue weighted by Crippen LogP contribution is 2.46. The maximum atomic E-state index is 5.47. The first-order valence-corrected chi connectivity index (χ1v) is 18.8. The van der Waals surface area contributed by atoms with Crippen molar-refractivity contribution in [2.45, 2.75) is 0 Å². The van der Waals surface area contributed by atoms with E-state index in [1.165, 1.54) is 49.1 Å². The highest BCUT2D eigenvalue weighted by Gasteiger charge is 2.22. The van der Waals surface area contributed by atoms with Gasteiger partial charge in [-0.05, 0) is 63.7 Å². The minimum atomic E-state index is 0.991. The zero-order valence-electron chi connectivity index (χ0n) is 29.7. The van der Waals surface area contributed by atoms with Gasteiger partial charge >= 0.3 is 0 Å². The van der Waals surface area contributed by atoms with Crippen LogP contribution >= 0.6 is 0 Å². The Balaban J connectivity index is 1.24. The van der Waals surface area contributed by atoms with Crippen LogP contribution < -0.4 is 0 Å². The lowest BCUT2D eigenvalue weighted by Crippen LogP contribution is -1.95. The number of fused-ring (bicyclic) bond motifs is 12. The van der Waals surface area contributed by atoms with Crippen molar-refractivity contribution in [1.82, 2.24) is 14.5 Å². The van der Waals surface area contributed by atoms with Gasteiger partial charge in [0.05, 0.1) is 27.6 Å². The van der Waals surface area contributed by atoms with Crippen LogP contribution in [0, 0.1) is 0 Å². The Kier molecular flexibility index (Phi) is 6.34. The van der Waals surface area contributed by atoms with Crippen LogP contribution in [0.2, 0.25) is 0 Å². The summed E-state index contributed by atoms with van der Waals surface area (Å²) in [5.41, 5.74) is 11.2. The van der Waals surface area contributed by atoms with E-state index < -0.39 is 0 Å². The van der Waals surface area contributed by atoms with Crippen molar-refractivity contribution in [3.63, 3.8) is 0 Å². The van der Waals surface area contributed by atoms with E-state index in [1.54, 1.807) is 0 Å². The summed E-state index contributed by atoms with van der Waals surface area (Å²) < 4.78 is 2.42. The number of rotatable bonds is 3. The van der Waals surface area contributed by atoms with Crippen LogP contribution in [0.5, 0.6) is 0 Å². The van der Waals surface area contributed by atoms with Crippen LogP contribution in [0.1, 0.15) is 0 Å². The van der Waals surface area contributed by atoms with Crippen molar-refractivity contribution in [2.24, 2.45) is 0 Å². The molecule has 9 aromatic carbocycles. The molecule has 0 aliphatic rings. The van der Waals surface area contributed by atoms with E-state index in [9.17, 15) is 0 Å². The van der Waals surface area contributed by atoms with Gasteiger partial charge in [-0.2, -0.15) is 0 Å². The second-order valence-corrected chi connectivity index (χ2v) is 14.5. The molecule has 0 aliphatic carbocycles. The Morgan fingerprint density at radius 3 is 1.69 bits per heavy atom. The van der Waals surface area contributed by atoms with E-state index in [2.05, 4.69) is 193 Å². The summed E-state index contributed by atoms with van der Waals surface area (Å²) in [6, 6.07) is 65.8. The average Bonchev–Trinajstić information content (AvgIpc) is 3.58. The third-order valence-corrected chi connectivity index (χ3v) is 11.5. The van der Waals surface area contributed by atoms with Gasteiger partial charge in [0.25, 0.3) is 0 Å². The Bertz CT molecular complexity index is 3450. The molecule has 0 saturated carbocycles. The van der Waals surface area contributed by atoms with Crippen molar-refractivity contribution in [1.29, 1.82) is 0 Å². The molecule has 3 nitrogen and oxygen atoms in total. The van der Waals surface area contributed by atoms with Crippen molar-refractivity contribution in [3.05, 3.63) is 188 Å². The van der Waals surface area contributed by atoms with Gasteiger partial charge in [0, 0.05) is 66.1 Å². The van der Waals surface area contributed by atoms with Gasteiger partial charge in [-0.25, -0.2) is 4.98 Å². The minimum Gasteiger partial charge on any atom is -0.309 e. The smallest absolute Gasteiger partial charge is 0.0794 e. The van der Waals surface area contributed by atoms with E-state index in [1.807, 2.05) is 0 Å². The predicted octanol–water partition coefficient (Wildman–Crippen LogP) is 13.8. The molecule has 0 aliphatic heterocycles. The Hall–Kier alpha value is -7.36. The Labute approximate surface area is 316 Å². The largest absolute Gasteiger partial charge is 0.309 e. The molecule has 12 rings (SSSR count). The molecule has 0 fully saturated rings. The van der Waals surface area contributed by atoms with Gasteiger partial charge in [-0.1, -0.05) is 146 Å². The third-order valence-electron chi connectivity index (χ3n) is 11.5. The molecule has 0 bridgehead atoms. The summed E-state index contributed by atoms with van der Waals surface area (Å²) in [5.74, 6) is 0. The lowest BCUT2D eigenvalue weighted by molar-refractivity contribution is 1.18. The predicted molar refractivity (Wildman–Crippen MR) is 232 cm³/mol. The zero-order chi connectivity index (χ0) is 36.0. The lowest BCUT2D eigenvalue weighted by Gasteiger charge is -2.17. The summed E-state index contributed by atoms with van der Waals surface area (Å²) >= 11 is 0. The molecule has 0 radical (unpaired) electrons. The fraction of sp³-hybridized carbons (Fsp3) is 0. The van der Waals surface area contributed by atoms with Crippen molar-refractivity contribution < 1.29 is 0 Å². The number of benzene rings is 9. The molecule has 3 aromatic heterocycles. The zero-order valence-corrected chi connectivity index (χ0v) is 29.7. The monoisotopic (exact) mass is 697 g/mol. The summed E-state index contributed by atoms with van der Waals surface area (Å²) in [5, 5.41) is 12.9. The second-order valence-electron chi connectivity index (χ2n) is 14.5. The number of pyridine rings is 2. The molecule has 0 spiro atoms. The van der Waals surface area contributed by atoms with Crippen molar-refractivity contribution >= 4 is 86.8 Å². The van der Waals surface area contributed by atoms with Crippen LogP contribution in [0.15, 0.2) is 188 Å².